The molecule has 8 heteroatoms. The van der Waals surface area contributed by atoms with Gasteiger partial charge in [0.25, 0.3) is 0 Å². The minimum atomic E-state index is 0. The second kappa shape index (κ2) is 12.0. The second-order valence-electron chi connectivity index (χ2n) is 6.03. The second-order valence-corrected chi connectivity index (χ2v) is 6.43. The van der Waals surface area contributed by atoms with Crippen LogP contribution in [0.25, 0.3) is 10.9 Å². The molecule has 0 amide bonds. The van der Waals surface area contributed by atoms with Crippen LogP contribution >= 0.6 is 36.4 Å². The Bertz CT molecular complexity index is 879. The first-order valence-corrected chi connectivity index (χ1v) is 9.03. The molecule has 0 atom stereocenters. The zero-order valence-corrected chi connectivity index (χ0v) is 18.1. The molecule has 152 valence electrons. The third kappa shape index (κ3) is 5.93. The van der Waals surface area contributed by atoms with Gasteiger partial charge in [-0.3, -0.25) is 0 Å². The maximum Gasteiger partial charge on any atom is 0.140 e. The molecule has 2 N–H and O–H groups in total. The lowest BCUT2D eigenvalue weighted by atomic mass is 10.1. The zero-order valence-electron chi connectivity index (χ0n) is 15.7. The standard InChI is InChI=1S/C20H23ClN4O.2ClH/c1-26-13-12-25(14-15-6-2-4-8-17(15)21)20-16-7-3-5-9-18(16)23-19(24-20)10-11-22;;/h2-9H,10-14,22H2,1H3;2*1H. The average Bonchev–Trinajstić information content (AvgIpc) is 2.66. The number of hydrogen-bond acceptors (Lipinski definition) is 5. The van der Waals surface area contributed by atoms with Crippen molar-refractivity contribution >= 4 is 53.1 Å². The molecule has 0 aliphatic carbocycles. The number of anilines is 1. The van der Waals surface area contributed by atoms with E-state index in [4.69, 9.17) is 27.1 Å². The van der Waals surface area contributed by atoms with Crippen molar-refractivity contribution in [1.82, 2.24) is 9.97 Å². The van der Waals surface area contributed by atoms with Gasteiger partial charge in [0.05, 0.1) is 12.1 Å². The fraction of sp³-hybridized carbons (Fsp3) is 0.300. The van der Waals surface area contributed by atoms with Gasteiger partial charge in [0.15, 0.2) is 0 Å². The van der Waals surface area contributed by atoms with Crippen LogP contribution in [0, 0.1) is 0 Å². The van der Waals surface area contributed by atoms with Crippen LogP contribution in [0.3, 0.4) is 0 Å². The van der Waals surface area contributed by atoms with Gasteiger partial charge in [-0.15, -0.1) is 24.8 Å². The summed E-state index contributed by atoms with van der Waals surface area (Å²) in [6, 6.07) is 15.9. The van der Waals surface area contributed by atoms with Gasteiger partial charge in [-0.1, -0.05) is 41.9 Å². The summed E-state index contributed by atoms with van der Waals surface area (Å²) in [4.78, 5) is 11.6. The number of rotatable bonds is 8. The quantitative estimate of drug-likeness (QED) is 0.563. The van der Waals surface area contributed by atoms with E-state index < -0.39 is 0 Å². The molecule has 0 spiro atoms. The monoisotopic (exact) mass is 442 g/mol. The Morgan fingerprint density at radius 2 is 1.75 bits per heavy atom. The molecule has 0 aliphatic heterocycles. The Labute approximate surface area is 183 Å². The van der Waals surface area contributed by atoms with Gasteiger partial charge in [-0.2, -0.15) is 0 Å². The predicted molar refractivity (Wildman–Crippen MR) is 121 cm³/mol. The maximum atomic E-state index is 6.38. The van der Waals surface area contributed by atoms with Crippen LogP contribution in [0.15, 0.2) is 48.5 Å². The summed E-state index contributed by atoms with van der Waals surface area (Å²) in [6.07, 6.45) is 0.641. The molecule has 0 aliphatic rings. The summed E-state index contributed by atoms with van der Waals surface area (Å²) < 4.78 is 5.31. The first-order valence-electron chi connectivity index (χ1n) is 8.66. The molecule has 0 saturated carbocycles. The van der Waals surface area contributed by atoms with Crippen molar-refractivity contribution in [3.63, 3.8) is 0 Å². The van der Waals surface area contributed by atoms with E-state index in [9.17, 15) is 0 Å². The molecule has 0 bridgehead atoms. The van der Waals surface area contributed by atoms with Gasteiger partial charge in [0.1, 0.15) is 11.6 Å². The fourth-order valence-electron chi connectivity index (χ4n) is 2.88. The minimum absolute atomic E-state index is 0. The van der Waals surface area contributed by atoms with E-state index >= 15 is 0 Å². The van der Waals surface area contributed by atoms with Crippen molar-refractivity contribution in [2.24, 2.45) is 5.73 Å². The Morgan fingerprint density at radius 3 is 2.46 bits per heavy atom. The van der Waals surface area contributed by atoms with Gasteiger partial charge >= 0.3 is 0 Å². The van der Waals surface area contributed by atoms with Crippen molar-refractivity contribution in [2.75, 3.05) is 31.7 Å². The van der Waals surface area contributed by atoms with E-state index in [0.717, 1.165) is 33.1 Å². The van der Waals surface area contributed by atoms with E-state index in [1.807, 2.05) is 48.5 Å². The molecule has 2 aromatic carbocycles. The number of halogens is 3. The summed E-state index contributed by atoms with van der Waals surface area (Å²) in [5, 5.41) is 1.76. The van der Waals surface area contributed by atoms with Crippen LogP contribution in [0.4, 0.5) is 5.82 Å². The number of nitrogens with two attached hydrogens (primary N) is 1. The summed E-state index contributed by atoms with van der Waals surface area (Å²) >= 11 is 6.38. The summed E-state index contributed by atoms with van der Waals surface area (Å²) in [5.41, 5.74) is 7.69. The van der Waals surface area contributed by atoms with Crippen molar-refractivity contribution in [1.29, 1.82) is 0 Å². The summed E-state index contributed by atoms with van der Waals surface area (Å²) in [5.74, 6) is 1.64. The SMILES string of the molecule is COCCN(Cc1ccccc1Cl)c1nc(CCN)nc2ccccc12.Cl.Cl. The number of methoxy groups -OCH3 is 1. The molecule has 3 rings (SSSR count). The lowest BCUT2D eigenvalue weighted by Gasteiger charge is -2.25. The van der Waals surface area contributed by atoms with Gasteiger partial charge < -0.3 is 15.4 Å². The van der Waals surface area contributed by atoms with Crippen LogP contribution in [-0.2, 0) is 17.7 Å². The summed E-state index contributed by atoms with van der Waals surface area (Å²) in [7, 11) is 1.70. The normalized spacial score (nSPS) is 10.2. The Morgan fingerprint density at radius 1 is 1.04 bits per heavy atom. The fourth-order valence-corrected chi connectivity index (χ4v) is 3.08. The van der Waals surface area contributed by atoms with Crippen LogP contribution in [-0.4, -0.2) is 36.8 Å². The van der Waals surface area contributed by atoms with Gasteiger partial charge in [0.2, 0.25) is 0 Å². The third-order valence-electron chi connectivity index (χ3n) is 4.18. The Hall–Kier alpha value is -1.63. The lowest BCUT2D eigenvalue weighted by molar-refractivity contribution is 0.205. The molecule has 0 radical (unpaired) electrons. The van der Waals surface area contributed by atoms with Gasteiger partial charge in [-0.05, 0) is 30.3 Å². The van der Waals surface area contributed by atoms with E-state index in [2.05, 4.69) is 9.88 Å². The zero-order chi connectivity index (χ0) is 18.4. The number of ether oxygens (including phenoxy) is 1. The average molecular weight is 444 g/mol. The Kier molecular flexibility index (Phi) is 10.5. The molecular formula is C20H25Cl3N4O. The summed E-state index contributed by atoms with van der Waals surface area (Å²) in [6.45, 7) is 2.45. The smallest absolute Gasteiger partial charge is 0.140 e. The molecule has 0 fully saturated rings. The highest BCUT2D eigenvalue weighted by Crippen LogP contribution is 2.27. The first-order chi connectivity index (χ1) is 12.7. The molecule has 3 aromatic rings. The third-order valence-corrected chi connectivity index (χ3v) is 4.55. The van der Waals surface area contributed by atoms with Gasteiger partial charge in [-0.25, -0.2) is 9.97 Å². The predicted octanol–water partition coefficient (Wildman–Crippen LogP) is 4.28. The van der Waals surface area contributed by atoms with E-state index in [-0.39, 0.29) is 24.8 Å². The number of aromatic nitrogens is 2. The Balaban J connectivity index is 0.00000196. The molecule has 28 heavy (non-hydrogen) atoms. The number of fused-ring (bicyclic) bond motifs is 1. The first kappa shape index (κ1) is 24.4. The van der Waals surface area contributed by atoms with Crippen molar-refractivity contribution < 1.29 is 4.74 Å². The lowest BCUT2D eigenvalue weighted by Crippen LogP contribution is -2.28. The highest BCUT2D eigenvalue weighted by molar-refractivity contribution is 6.31. The van der Waals surface area contributed by atoms with E-state index in [0.29, 0.717) is 32.7 Å². The van der Waals surface area contributed by atoms with Crippen LogP contribution in [0.2, 0.25) is 5.02 Å². The minimum Gasteiger partial charge on any atom is -0.383 e. The van der Waals surface area contributed by atoms with E-state index in [1.165, 1.54) is 0 Å². The molecule has 1 heterocycles. The maximum absolute atomic E-state index is 6.38. The largest absolute Gasteiger partial charge is 0.383 e. The molecule has 0 saturated heterocycles. The van der Waals surface area contributed by atoms with Crippen LogP contribution < -0.4 is 10.6 Å². The van der Waals surface area contributed by atoms with Crippen LogP contribution in [0.1, 0.15) is 11.4 Å². The number of nitrogens with zero attached hydrogens (tertiary/aromatic N) is 3. The molecular weight excluding hydrogens is 419 g/mol. The van der Waals surface area contributed by atoms with Crippen molar-refractivity contribution in [3.8, 4) is 0 Å². The number of hydrogen-bond donors (Lipinski definition) is 1. The topological polar surface area (TPSA) is 64.3 Å². The van der Waals surface area contributed by atoms with Crippen LogP contribution in [0.5, 0.6) is 0 Å². The van der Waals surface area contributed by atoms with Crippen molar-refractivity contribution in [3.05, 3.63) is 64.9 Å². The van der Waals surface area contributed by atoms with Crippen molar-refractivity contribution in [2.45, 2.75) is 13.0 Å². The number of para-hydroxylation sites is 1. The highest BCUT2D eigenvalue weighted by atomic mass is 35.5. The molecule has 0 unspecified atom stereocenters. The highest BCUT2D eigenvalue weighted by Gasteiger charge is 2.16. The molecule has 5 nitrogen and oxygen atoms in total. The van der Waals surface area contributed by atoms with Gasteiger partial charge in [0, 0.05) is 37.0 Å². The van der Waals surface area contributed by atoms with E-state index in [1.54, 1.807) is 7.11 Å². The molecule has 1 aromatic heterocycles. The number of benzene rings is 2.